The third-order valence-electron chi connectivity index (χ3n) is 9.96. The van der Waals surface area contributed by atoms with E-state index in [1.165, 1.54) is 13.8 Å². The Balaban J connectivity index is 1.35. The lowest BCUT2D eigenvalue weighted by atomic mass is 9.96. The van der Waals surface area contributed by atoms with Gasteiger partial charge < -0.3 is 72.2 Å². The summed E-state index contributed by atoms with van der Waals surface area (Å²) in [6.45, 7) is 3.22. The third kappa shape index (κ3) is 14.8. The van der Waals surface area contributed by atoms with E-state index in [4.69, 9.17) is 9.47 Å². The van der Waals surface area contributed by atoms with Crippen LogP contribution in [0.25, 0.3) is 0 Å². The van der Waals surface area contributed by atoms with Gasteiger partial charge in [0.25, 0.3) is 0 Å². The summed E-state index contributed by atoms with van der Waals surface area (Å²) in [6.07, 6.45) is -4.67. The average Bonchev–Trinajstić information content (AvgIpc) is 3.72. The van der Waals surface area contributed by atoms with Gasteiger partial charge in [0.2, 0.25) is 29.5 Å². The van der Waals surface area contributed by atoms with Crippen molar-refractivity contribution in [3.05, 3.63) is 0 Å². The van der Waals surface area contributed by atoms with E-state index in [1.807, 2.05) is 11.8 Å². The molecule has 0 aliphatic carbocycles. The number of aliphatic hydroxyl groups excluding tert-OH is 3. The number of amides is 7. The summed E-state index contributed by atoms with van der Waals surface area (Å²) in [4.78, 5) is 97.4. The number of fused-ring (bicyclic) bond motifs is 1. The molecule has 3 heterocycles. The average molecular weight is 848 g/mol. The molecule has 0 saturated carbocycles. The highest BCUT2D eigenvalue weighted by atomic mass is 32.2. The summed E-state index contributed by atoms with van der Waals surface area (Å²) in [5, 5.41) is 67.8. The quantitative estimate of drug-likeness (QED) is 0.0336. The van der Waals surface area contributed by atoms with Gasteiger partial charge in [0.15, 0.2) is 6.29 Å². The molecule has 3 fully saturated rings. The van der Waals surface area contributed by atoms with E-state index in [1.54, 1.807) is 0 Å². The summed E-state index contributed by atoms with van der Waals surface area (Å²) >= 11 is 1.81. The van der Waals surface area contributed by atoms with Gasteiger partial charge in [-0.15, -0.1) is 0 Å². The van der Waals surface area contributed by atoms with Gasteiger partial charge in [-0.2, -0.15) is 11.8 Å². The van der Waals surface area contributed by atoms with Crippen LogP contribution in [0.2, 0.25) is 0 Å². The van der Waals surface area contributed by atoms with Crippen LogP contribution in [0.5, 0.6) is 0 Å². The molecule has 7 amide bonds. The Bertz CT molecular complexity index is 1480. The summed E-state index contributed by atoms with van der Waals surface area (Å²) in [7, 11) is 0. The summed E-state index contributed by atoms with van der Waals surface area (Å²) in [5.74, 6) is -5.27. The molecular formula is C35H57N7O15S. The Kier molecular flexibility index (Phi) is 19.3. The Morgan fingerprint density at radius 3 is 2.22 bits per heavy atom. The maximum absolute atomic E-state index is 12.9. The van der Waals surface area contributed by atoms with Gasteiger partial charge in [0, 0.05) is 37.3 Å². The fraction of sp³-hybridized carbons (Fsp3) is 0.771. The number of hydrogen-bond donors (Lipinski definition) is 12. The standard InChI is InChI=1S/C35H57N7O15S/c1-16(37-31(49)17(2)56-29-27(38-18(3)44)34(54)57-22(14-43)28(29)47)30(48)40-20(33(52)53)11-12-25(46)39-19(32(50)51)8-6-7-13-36-24(45)10-5-4-9-23-26-21(15-58-23)41-35(55)42-26/h16-17,19-23,26-29,34,43,47,54H,4-15H2,1-3H3,(H,36,45)(H,37,49)(H,38,44)(H,39,46)(H,40,48)(H,50,51)(H,52,53)(H2,41,42,55)/t16-,17+,19-,20+,21-,22+,23-,26-,27+,28+,29+,34?/m0/s1. The van der Waals surface area contributed by atoms with Crippen LogP contribution in [-0.4, -0.2) is 164 Å². The number of aliphatic hydroxyl groups is 3. The van der Waals surface area contributed by atoms with Crippen LogP contribution < -0.4 is 37.2 Å². The number of thioether (sulfide) groups is 1. The number of rotatable bonds is 24. The molecule has 328 valence electrons. The molecule has 0 aromatic heterocycles. The van der Waals surface area contributed by atoms with Crippen molar-refractivity contribution in [3.8, 4) is 0 Å². The molecular weight excluding hydrogens is 790 g/mol. The molecule has 0 aromatic carbocycles. The number of carbonyl (C=O) groups is 8. The normalized spacial score (nSPS) is 27.0. The number of ether oxygens (including phenoxy) is 2. The SMILES string of the molecule is CC(=O)N[C@H]1C(O)O[C@H](CO)[C@@H](O)[C@@H]1O[C@H](C)C(=O)N[C@@H](C)C(=O)N[C@H](CCC(=O)N[C@@H](CCCCNC(=O)CCCC[C@@H]1SC[C@@H]2NC(=O)N[C@@H]21)C(=O)O)C(=O)O. The van der Waals surface area contributed by atoms with E-state index in [0.717, 1.165) is 25.5 Å². The first-order valence-electron chi connectivity index (χ1n) is 19.3. The van der Waals surface area contributed by atoms with Gasteiger partial charge >= 0.3 is 18.0 Å². The van der Waals surface area contributed by atoms with Crippen molar-refractivity contribution in [3.63, 3.8) is 0 Å². The lowest BCUT2D eigenvalue weighted by Crippen LogP contribution is -2.65. The highest BCUT2D eigenvalue weighted by molar-refractivity contribution is 8.00. The van der Waals surface area contributed by atoms with E-state index >= 15 is 0 Å². The molecule has 3 saturated heterocycles. The maximum Gasteiger partial charge on any atom is 0.326 e. The lowest BCUT2D eigenvalue weighted by molar-refractivity contribution is -0.266. The van der Waals surface area contributed by atoms with Crippen molar-refractivity contribution in [1.29, 1.82) is 0 Å². The number of urea groups is 1. The molecule has 0 spiro atoms. The van der Waals surface area contributed by atoms with E-state index in [-0.39, 0.29) is 30.4 Å². The van der Waals surface area contributed by atoms with Gasteiger partial charge in [-0.05, 0) is 52.4 Å². The van der Waals surface area contributed by atoms with Crippen molar-refractivity contribution < 1.29 is 73.4 Å². The maximum atomic E-state index is 12.9. The number of unbranched alkanes of at least 4 members (excludes halogenated alkanes) is 2. The minimum Gasteiger partial charge on any atom is -0.480 e. The van der Waals surface area contributed by atoms with Crippen LogP contribution in [-0.2, 0) is 43.0 Å². The second kappa shape index (κ2) is 23.3. The molecule has 12 atom stereocenters. The molecule has 1 unspecified atom stereocenters. The van der Waals surface area contributed by atoms with Gasteiger partial charge in [0.05, 0.1) is 18.7 Å². The van der Waals surface area contributed by atoms with E-state index in [0.29, 0.717) is 37.5 Å². The predicted octanol–water partition coefficient (Wildman–Crippen LogP) is -3.23. The van der Waals surface area contributed by atoms with Crippen LogP contribution in [0.15, 0.2) is 0 Å². The molecule has 3 aliphatic heterocycles. The second-order valence-electron chi connectivity index (χ2n) is 14.5. The number of carboxylic acids is 2. The number of aliphatic carboxylic acids is 2. The van der Waals surface area contributed by atoms with Crippen molar-refractivity contribution in [2.75, 3.05) is 18.9 Å². The van der Waals surface area contributed by atoms with Gasteiger partial charge in [0.1, 0.15) is 48.6 Å². The van der Waals surface area contributed by atoms with Crippen LogP contribution in [0.3, 0.4) is 0 Å². The molecule has 22 nitrogen and oxygen atoms in total. The number of carboxylic acid groups (broad SMARTS) is 2. The highest BCUT2D eigenvalue weighted by Gasteiger charge is 2.47. The fourth-order valence-electron chi connectivity index (χ4n) is 6.75. The fourth-order valence-corrected chi connectivity index (χ4v) is 8.29. The van der Waals surface area contributed by atoms with E-state index in [9.17, 15) is 63.9 Å². The lowest BCUT2D eigenvalue weighted by Gasteiger charge is -2.43. The zero-order chi connectivity index (χ0) is 43.1. The molecule has 0 bridgehead atoms. The Labute approximate surface area is 339 Å². The molecule has 3 rings (SSSR count). The molecule has 3 aliphatic rings. The van der Waals surface area contributed by atoms with Gasteiger partial charge in [-0.25, -0.2) is 14.4 Å². The summed E-state index contributed by atoms with van der Waals surface area (Å²) < 4.78 is 10.7. The molecule has 0 aromatic rings. The van der Waals surface area contributed by atoms with Crippen molar-refractivity contribution in [2.45, 2.75) is 151 Å². The first-order chi connectivity index (χ1) is 27.4. The summed E-state index contributed by atoms with van der Waals surface area (Å²) in [6, 6.07) is -5.40. The first kappa shape index (κ1) is 48.1. The zero-order valence-corrected chi connectivity index (χ0v) is 33.5. The van der Waals surface area contributed by atoms with Crippen molar-refractivity contribution in [2.24, 2.45) is 0 Å². The Morgan fingerprint density at radius 1 is 0.879 bits per heavy atom. The van der Waals surface area contributed by atoms with Gasteiger partial charge in [-0.3, -0.25) is 24.0 Å². The smallest absolute Gasteiger partial charge is 0.326 e. The topological polar surface area (TPSA) is 340 Å². The van der Waals surface area contributed by atoms with Gasteiger partial charge in [-0.1, -0.05) is 6.42 Å². The monoisotopic (exact) mass is 847 g/mol. The Morgan fingerprint density at radius 2 is 1.57 bits per heavy atom. The molecule has 12 N–H and O–H groups in total. The van der Waals surface area contributed by atoms with Crippen molar-refractivity contribution >= 4 is 59.3 Å². The van der Waals surface area contributed by atoms with Crippen LogP contribution in [0.1, 0.15) is 78.6 Å². The third-order valence-corrected chi connectivity index (χ3v) is 11.5. The van der Waals surface area contributed by atoms with Crippen LogP contribution in [0.4, 0.5) is 4.79 Å². The second-order valence-corrected chi connectivity index (χ2v) is 15.8. The predicted molar refractivity (Wildman–Crippen MR) is 203 cm³/mol. The molecule has 0 radical (unpaired) electrons. The van der Waals surface area contributed by atoms with E-state index in [2.05, 4.69) is 37.2 Å². The number of nitrogens with one attached hydrogen (secondary N) is 7. The number of carbonyl (C=O) groups excluding carboxylic acids is 6. The first-order valence-corrected chi connectivity index (χ1v) is 20.3. The minimum atomic E-state index is -1.70. The molecule has 58 heavy (non-hydrogen) atoms. The highest BCUT2D eigenvalue weighted by Crippen LogP contribution is 2.33. The van der Waals surface area contributed by atoms with Crippen LogP contribution >= 0.6 is 11.8 Å². The molecule has 23 heteroatoms. The number of hydrogen-bond acceptors (Lipinski definition) is 14. The van der Waals surface area contributed by atoms with E-state index < -0.39 is 110 Å². The summed E-state index contributed by atoms with van der Waals surface area (Å²) in [5.41, 5.74) is 0. The minimum absolute atomic E-state index is 0.0476. The zero-order valence-electron chi connectivity index (χ0n) is 32.6. The Hall–Kier alpha value is -4.29. The van der Waals surface area contributed by atoms with Crippen LogP contribution in [0, 0.1) is 0 Å². The van der Waals surface area contributed by atoms with Crippen molar-refractivity contribution in [1.82, 2.24) is 37.2 Å². The largest absolute Gasteiger partial charge is 0.480 e.